The lowest BCUT2D eigenvalue weighted by Gasteiger charge is -2.37. The minimum Gasteiger partial charge on any atom is -0.465 e. The van der Waals surface area contributed by atoms with E-state index in [-0.39, 0.29) is 22.5 Å². The zero-order chi connectivity index (χ0) is 18.9. The minimum atomic E-state index is -3.66. The SMILES string of the molecule is CCN1CCC(N(C2CC2)S(=O)(=O)c2ccc(Br)c(C(=O)OC)c2)CC1. The molecule has 0 spiro atoms. The number of benzene rings is 1. The quantitative estimate of drug-likeness (QED) is 0.630. The molecule has 1 saturated heterocycles. The third-order valence-corrected chi connectivity index (χ3v) is 7.88. The lowest BCUT2D eigenvalue weighted by atomic mass is 10.1. The molecule has 1 aromatic carbocycles. The Hall–Kier alpha value is -0.960. The van der Waals surface area contributed by atoms with Crippen LogP contribution in [0.3, 0.4) is 0 Å². The second kappa shape index (κ2) is 7.96. The van der Waals surface area contributed by atoms with Gasteiger partial charge in [0.25, 0.3) is 0 Å². The number of hydrogen-bond donors (Lipinski definition) is 0. The topological polar surface area (TPSA) is 66.9 Å². The maximum absolute atomic E-state index is 13.4. The van der Waals surface area contributed by atoms with E-state index in [0.29, 0.717) is 4.47 Å². The normalized spacial score (nSPS) is 19.7. The highest BCUT2D eigenvalue weighted by molar-refractivity contribution is 9.10. The van der Waals surface area contributed by atoms with Gasteiger partial charge in [-0.05, 0) is 79.4 Å². The number of halogens is 1. The van der Waals surface area contributed by atoms with E-state index in [1.807, 2.05) is 0 Å². The molecule has 1 aliphatic heterocycles. The van der Waals surface area contributed by atoms with Crippen LogP contribution in [0.25, 0.3) is 0 Å². The first-order valence-corrected chi connectivity index (χ1v) is 11.3. The molecule has 6 nitrogen and oxygen atoms in total. The zero-order valence-electron chi connectivity index (χ0n) is 15.2. The molecule has 26 heavy (non-hydrogen) atoms. The average Bonchev–Trinajstić information content (AvgIpc) is 3.46. The van der Waals surface area contributed by atoms with Gasteiger partial charge in [-0.1, -0.05) is 6.92 Å². The number of likely N-dealkylation sites (tertiary alicyclic amines) is 1. The van der Waals surface area contributed by atoms with E-state index in [2.05, 4.69) is 27.8 Å². The third kappa shape index (κ3) is 3.98. The largest absolute Gasteiger partial charge is 0.465 e. The molecule has 0 aromatic heterocycles. The second-order valence-corrected chi connectivity index (χ2v) is 9.56. The summed E-state index contributed by atoms with van der Waals surface area (Å²) in [5, 5.41) is 0. The molecule has 0 bridgehead atoms. The van der Waals surface area contributed by atoms with Crippen molar-refractivity contribution in [3.05, 3.63) is 28.2 Å². The molecule has 1 heterocycles. The summed E-state index contributed by atoms with van der Waals surface area (Å²) < 4.78 is 33.8. The molecule has 0 amide bonds. The molecule has 2 aliphatic rings. The zero-order valence-corrected chi connectivity index (χ0v) is 17.6. The average molecular weight is 445 g/mol. The number of carbonyl (C=O) groups is 1. The van der Waals surface area contributed by atoms with Gasteiger partial charge in [-0.3, -0.25) is 0 Å². The Balaban J connectivity index is 1.91. The summed E-state index contributed by atoms with van der Waals surface area (Å²) in [6.07, 6.45) is 3.52. The van der Waals surface area contributed by atoms with Crippen LogP contribution in [0.15, 0.2) is 27.6 Å². The van der Waals surface area contributed by atoms with Crippen molar-refractivity contribution in [2.24, 2.45) is 0 Å². The molecule has 1 aromatic rings. The van der Waals surface area contributed by atoms with Crippen LogP contribution in [-0.4, -0.2) is 62.4 Å². The van der Waals surface area contributed by atoms with Crippen LogP contribution in [0.5, 0.6) is 0 Å². The molecule has 0 radical (unpaired) electrons. The van der Waals surface area contributed by atoms with Gasteiger partial charge >= 0.3 is 5.97 Å². The van der Waals surface area contributed by atoms with Crippen molar-refractivity contribution in [1.82, 2.24) is 9.21 Å². The smallest absolute Gasteiger partial charge is 0.339 e. The van der Waals surface area contributed by atoms with Crippen molar-refractivity contribution >= 4 is 31.9 Å². The van der Waals surface area contributed by atoms with Crippen molar-refractivity contribution in [3.8, 4) is 0 Å². The van der Waals surface area contributed by atoms with E-state index in [1.54, 1.807) is 16.4 Å². The molecule has 1 saturated carbocycles. The fraction of sp³-hybridized carbons (Fsp3) is 0.611. The lowest BCUT2D eigenvalue weighted by molar-refractivity contribution is 0.0599. The van der Waals surface area contributed by atoms with Crippen LogP contribution in [-0.2, 0) is 14.8 Å². The highest BCUT2D eigenvalue weighted by Gasteiger charge is 2.43. The highest BCUT2D eigenvalue weighted by Crippen LogP contribution is 2.37. The van der Waals surface area contributed by atoms with Gasteiger partial charge in [-0.15, -0.1) is 0 Å². The molecule has 0 unspecified atom stereocenters. The van der Waals surface area contributed by atoms with Crippen molar-refractivity contribution in [2.45, 2.75) is 49.6 Å². The molecule has 0 atom stereocenters. The lowest BCUT2D eigenvalue weighted by Crippen LogP contribution is -2.48. The Morgan fingerprint density at radius 3 is 2.38 bits per heavy atom. The number of methoxy groups -OCH3 is 1. The molecule has 0 N–H and O–H groups in total. The Morgan fingerprint density at radius 1 is 1.23 bits per heavy atom. The van der Waals surface area contributed by atoms with Gasteiger partial charge in [0.2, 0.25) is 10.0 Å². The Morgan fingerprint density at radius 2 is 1.85 bits per heavy atom. The van der Waals surface area contributed by atoms with Crippen LogP contribution in [0, 0.1) is 0 Å². The number of hydrogen-bond acceptors (Lipinski definition) is 5. The van der Waals surface area contributed by atoms with E-state index in [4.69, 9.17) is 4.74 Å². The first-order valence-electron chi connectivity index (χ1n) is 9.02. The molecule has 1 aliphatic carbocycles. The van der Waals surface area contributed by atoms with Gasteiger partial charge in [0.1, 0.15) is 0 Å². The Kier molecular flexibility index (Phi) is 6.06. The molecule has 144 valence electrons. The number of carbonyl (C=O) groups excluding carboxylic acids is 1. The van der Waals surface area contributed by atoms with Gasteiger partial charge in [-0.25, -0.2) is 13.2 Å². The highest BCUT2D eigenvalue weighted by atomic mass is 79.9. The second-order valence-electron chi connectivity index (χ2n) is 6.86. The molecule has 2 fully saturated rings. The van der Waals surface area contributed by atoms with E-state index in [9.17, 15) is 13.2 Å². The first-order chi connectivity index (χ1) is 12.4. The first kappa shape index (κ1) is 19.8. The standard InChI is InChI=1S/C18H25BrN2O4S/c1-3-20-10-8-14(9-11-20)21(13-4-5-13)26(23,24)15-6-7-17(19)16(12-15)18(22)25-2/h6-7,12-14H,3-5,8-11H2,1-2H3. The number of rotatable bonds is 6. The summed E-state index contributed by atoms with van der Waals surface area (Å²) in [5.41, 5.74) is 0.227. The summed E-state index contributed by atoms with van der Waals surface area (Å²) in [5.74, 6) is -0.553. The predicted octanol–water partition coefficient (Wildman–Crippen LogP) is 2.87. The maximum atomic E-state index is 13.4. The van der Waals surface area contributed by atoms with Crippen LogP contribution in [0.1, 0.15) is 43.0 Å². The fourth-order valence-electron chi connectivity index (χ4n) is 3.56. The molecular formula is C18H25BrN2O4S. The van der Waals surface area contributed by atoms with Crippen LogP contribution >= 0.6 is 15.9 Å². The molecular weight excluding hydrogens is 420 g/mol. The minimum absolute atomic E-state index is 0.0283. The van der Waals surface area contributed by atoms with Gasteiger partial charge in [0.05, 0.1) is 17.6 Å². The Labute approximate surface area is 163 Å². The van der Waals surface area contributed by atoms with E-state index < -0.39 is 16.0 Å². The van der Waals surface area contributed by atoms with Crippen molar-refractivity contribution in [1.29, 1.82) is 0 Å². The van der Waals surface area contributed by atoms with E-state index in [0.717, 1.165) is 45.3 Å². The summed E-state index contributed by atoms with van der Waals surface area (Å²) in [6, 6.07) is 4.69. The number of esters is 1. The van der Waals surface area contributed by atoms with Gasteiger partial charge in [0.15, 0.2) is 0 Å². The predicted molar refractivity (Wildman–Crippen MR) is 103 cm³/mol. The number of sulfonamides is 1. The van der Waals surface area contributed by atoms with Crippen molar-refractivity contribution < 1.29 is 17.9 Å². The summed E-state index contributed by atoms with van der Waals surface area (Å²) >= 11 is 3.29. The number of nitrogens with zero attached hydrogens (tertiary/aromatic N) is 2. The summed E-state index contributed by atoms with van der Waals surface area (Å²) in [6.45, 7) is 4.98. The summed E-state index contributed by atoms with van der Waals surface area (Å²) in [4.78, 5) is 14.4. The van der Waals surface area contributed by atoms with Gasteiger partial charge in [-0.2, -0.15) is 4.31 Å². The van der Waals surface area contributed by atoms with Crippen LogP contribution in [0.4, 0.5) is 0 Å². The molecule has 3 rings (SSSR count). The Bertz CT molecular complexity index is 771. The van der Waals surface area contributed by atoms with Crippen LogP contribution < -0.4 is 0 Å². The summed E-state index contributed by atoms with van der Waals surface area (Å²) in [7, 11) is -2.37. The van der Waals surface area contributed by atoms with Crippen molar-refractivity contribution in [3.63, 3.8) is 0 Å². The van der Waals surface area contributed by atoms with E-state index in [1.165, 1.54) is 13.2 Å². The van der Waals surface area contributed by atoms with Crippen LogP contribution in [0.2, 0.25) is 0 Å². The van der Waals surface area contributed by atoms with Crippen molar-refractivity contribution in [2.75, 3.05) is 26.7 Å². The van der Waals surface area contributed by atoms with Gasteiger partial charge in [0, 0.05) is 16.6 Å². The number of piperidine rings is 1. The molecule has 8 heteroatoms. The number of ether oxygens (including phenoxy) is 1. The fourth-order valence-corrected chi connectivity index (χ4v) is 5.93. The van der Waals surface area contributed by atoms with E-state index >= 15 is 0 Å². The van der Waals surface area contributed by atoms with Gasteiger partial charge < -0.3 is 9.64 Å². The third-order valence-electron chi connectivity index (χ3n) is 5.19. The monoisotopic (exact) mass is 444 g/mol. The maximum Gasteiger partial charge on any atom is 0.339 e.